The van der Waals surface area contributed by atoms with Gasteiger partial charge in [-0.2, -0.15) is 13.2 Å². The van der Waals surface area contributed by atoms with Gasteiger partial charge in [-0.1, -0.05) is 78.9 Å². The second-order valence-electron chi connectivity index (χ2n) is 9.16. The zero-order valence-electron chi connectivity index (χ0n) is 20.9. The van der Waals surface area contributed by atoms with Gasteiger partial charge in [-0.05, 0) is 18.1 Å². The highest BCUT2D eigenvalue weighted by atomic mass is 19.4. The lowest BCUT2D eigenvalue weighted by Crippen LogP contribution is -2.49. The lowest BCUT2D eigenvalue weighted by Gasteiger charge is -2.26. The van der Waals surface area contributed by atoms with Crippen LogP contribution in [0.25, 0.3) is 0 Å². The number of alkyl halides is 3. The van der Waals surface area contributed by atoms with Crippen LogP contribution in [0.1, 0.15) is 35.4 Å². The van der Waals surface area contributed by atoms with Crippen LogP contribution < -0.4 is 10.2 Å². The van der Waals surface area contributed by atoms with Crippen molar-refractivity contribution in [2.24, 2.45) is 10.9 Å². The van der Waals surface area contributed by atoms with Gasteiger partial charge in [0, 0.05) is 24.6 Å². The quantitative estimate of drug-likeness (QED) is 0.433. The van der Waals surface area contributed by atoms with Crippen molar-refractivity contribution in [1.29, 1.82) is 0 Å². The Kier molecular flexibility index (Phi) is 8.13. The molecule has 0 aliphatic carbocycles. The molecule has 0 bridgehead atoms. The number of carboxylic acids is 1. The summed E-state index contributed by atoms with van der Waals surface area (Å²) in [5.41, 5.74) is 2.39. The molecule has 3 aromatic carbocycles. The number of benzodiazepines with no additional fused rings is 1. The van der Waals surface area contributed by atoms with E-state index in [4.69, 9.17) is 0 Å². The van der Waals surface area contributed by atoms with Gasteiger partial charge < -0.3 is 15.3 Å². The van der Waals surface area contributed by atoms with Crippen molar-refractivity contribution in [3.63, 3.8) is 0 Å². The molecule has 10 heteroatoms. The minimum Gasteiger partial charge on any atom is -0.481 e. The van der Waals surface area contributed by atoms with E-state index < -0.39 is 54.8 Å². The Morgan fingerprint density at radius 2 is 1.56 bits per heavy atom. The molecular formula is C29H26F3N3O4. The Bertz CT molecular complexity index is 1380. The molecule has 0 aromatic heterocycles. The molecule has 0 fully saturated rings. The first-order valence-corrected chi connectivity index (χ1v) is 12.2. The van der Waals surface area contributed by atoms with Crippen molar-refractivity contribution in [2.75, 3.05) is 11.9 Å². The zero-order valence-corrected chi connectivity index (χ0v) is 20.9. The summed E-state index contributed by atoms with van der Waals surface area (Å²) in [6.45, 7) is 0. The van der Waals surface area contributed by atoms with E-state index in [1.807, 2.05) is 6.07 Å². The molecule has 0 saturated heterocycles. The van der Waals surface area contributed by atoms with Gasteiger partial charge in [0.15, 0.2) is 0 Å². The fraction of sp³-hybridized carbons (Fsp3) is 0.241. The van der Waals surface area contributed by atoms with Crippen LogP contribution in [0.4, 0.5) is 18.9 Å². The normalized spacial score (nSPS) is 16.9. The van der Waals surface area contributed by atoms with Crippen LogP contribution in [0.5, 0.6) is 0 Å². The summed E-state index contributed by atoms with van der Waals surface area (Å²) in [5.74, 6) is -6.27. The molecule has 1 aliphatic rings. The predicted molar refractivity (Wildman–Crippen MR) is 139 cm³/mol. The molecule has 2 amide bonds. The minimum absolute atomic E-state index is 0.178. The van der Waals surface area contributed by atoms with Gasteiger partial charge in [0.1, 0.15) is 0 Å². The number of nitrogens with one attached hydrogen (secondary N) is 1. The van der Waals surface area contributed by atoms with Crippen molar-refractivity contribution in [3.8, 4) is 0 Å². The van der Waals surface area contributed by atoms with E-state index in [0.717, 1.165) is 0 Å². The fourth-order valence-electron chi connectivity index (χ4n) is 4.66. The zero-order chi connectivity index (χ0) is 28.2. The van der Waals surface area contributed by atoms with E-state index >= 15 is 0 Å². The van der Waals surface area contributed by atoms with E-state index in [9.17, 15) is 32.7 Å². The smallest absolute Gasteiger partial charge is 0.389 e. The SMILES string of the molecule is CN1C(=O)[C@@H](NC(=O)[C@@H](CCC(F)(F)F)[C@H](C(=O)O)c2ccccc2)N=C(c2ccccc2)c2ccccc21. The maximum Gasteiger partial charge on any atom is 0.389 e. The van der Waals surface area contributed by atoms with Crippen LogP contribution in [-0.4, -0.2) is 48.0 Å². The second-order valence-corrected chi connectivity index (χ2v) is 9.16. The summed E-state index contributed by atoms with van der Waals surface area (Å²) < 4.78 is 39.6. The molecule has 3 aromatic rings. The van der Waals surface area contributed by atoms with E-state index in [0.29, 0.717) is 22.5 Å². The van der Waals surface area contributed by atoms with E-state index in [-0.39, 0.29) is 5.56 Å². The summed E-state index contributed by atoms with van der Waals surface area (Å²) in [5, 5.41) is 12.4. The van der Waals surface area contributed by atoms with E-state index in [1.165, 1.54) is 24.1 Å². The first-order valence-electron chi connectivity index (χ1n) is 12.2. The summed E-state index contributed by atoms with van der Waals surface area (Å²) >= 11 is 0. The third-order valence-electron chi connectivity index (χ3n) is 6.57. The van der Waals surface area contributed by atoms with Crippen LogP contribution in [0.2, 0.25) is 0 Å². The molecule has 0 spiro atoms. The minimum atomic E-state index is -4.61. The van der Waals surface area contributed by atoms with Crippen molar-refractivity contribution >= 4 is 29.2 Å². The van der Waals surface area contributed by atoms with Gasteiger partial charge in [0.25, 0.3) is 5.91 Å². The number of aliphatic carboxylic acids is 1. The fourth-order valence-corrected chi connectivity index (χ4v) is 4.66. The number of halogens is 3. The van der Waals surface area contributed by atoms with Crippen LogP contribution in [0, 0.1) is 5.92 Å². The first kappa shape index (κ1) is 27.6. The number of nitrogens with zero attached hydrogens (tertiary/aromatic N) is 2. The highest BCUT2D eigenvalue weighted by Gasteiger charge is 2.40. The summed E-state index contributed by atoms with van der Waals surface area (Å²) in [6, 6.07) is 23.6. The van der Waals surface area contributed by atoms with Gasteiger partial charge >= 0.3 is 12.1 Å². The van der Waals surface area contributed by atoms with Gasteiger partial charge in [-0.25, -0.2) is 4.99 Å². The number of rotatable bonds is 8. The van der Waals surface area contributed by atoms with Crippen molar-refractivity contribution in [3.05, 3.63) is 102 Å². The van der Waals surface area contributed by atoms with Crippen LogP contribution in [0.15, 0.2) is 89.9 Å². The Morgan fingerprint density at radius 3 is 2.18 bits per heavy atom. The highest BCUT2D eigenvalue weighted by molar-refractivity contribution is 6.20. The predicted octanol–water partition coefficient (Wildman–Crippen LogP) is 4.77. The maximum atomic E-state index is 13.5. The van der Waals surface area contributed by atoms with Crippen molar-refractivity contribution < 1.29 is 32.7 Å². The van der Waals surface area contributed by atoms with Crippen LogP contribution >= 0.6 is 0 Å². The molecule has 0 unspecified atom stereocenters. The molecule has 2 N–H and O–H groups in total. The largest absolute Gasteiger partial charge is 0.481 e. The lowest BCUT2D eigenvalue weighted by molar-refractivity contribution is -0.150. The number of hydrogen-bond donors (Lipinski definition) is 2. The Hall–Kier alpha value is -4.47. The molecule has 7 nitrogen and oxygen atoms in total. The highest BCUT2D eigenvalue weighted by Crippen LogP contribution is 2.34. The number of carbonyl (C=O) groups excluding carboxylic acids is 2. The summed E-state index contributed by atoms with van der Waals surface area (Å²) in [4.78, 5) is 45.1. The third-order valence-corrected chi connectivity index (χ3v) is 6.57. The van der Waals surface area contributed by atoms with Crippen molar-refractivity contribution in [1.82, 2.24) is 5.32 Å². The molecule has 0 saturated carbocycles. The molecule has 202 valence electrons. The average molecular weight is 538 g/mol. The monoisotopic (exact) mass is 537 g/mol. The number of hydrogen-bond acceptors (Lipinski definition) is 4. The summed E-state index contributed by atoms with van der Waals surface area (Å²) in [6.07, 6.45) is -8.27. The number of carboxylic acid groups (broad SMARTS) is 1. The van der Waals surface area contributed by atoms with Crippen LogP contribution in [0.3, 0.4) is 0 Å². The standard InChI is InChI=1S/C29H26F3N3O4/c1-35-22-15-9-8-14-20(22)24(19-12-6-3-7-13-19)33-25(27(35)37)34-26(36)21(16-17-29(30,31)32)23(28(38)39)18-10-4-2-5-11-18/h2-15,21,23,25H,16-17H2,1H3,(H,34,36)(H,38,39)/t21-,23+,25+/m0/s1. The van der Waals surface area contributed by atoms with Gasteiger partial charge in [0.2, 0.25) is 12.1 Å². The first-order chi connectivity index (χ1) is 18.6. The van der Waals surface area contributed by atoms with Gasteiger partial charge in [-0.3, -0.25) is 14.4 Å². The van der Waals surface area contributed by atoms with Crippen molar-refractivity contribution in [2.45, 2.75) is 31.1 Å². The molecule has 1 aliphatic heterocycles. The third kappa shape index (κ3) is 6.34. The molecule has 1 heterocycles. The molecule has 0 radical (unpaired) electrons. The van der Waals surface area contributed by atoms with Gasteiger partial charge in [0.05, 0.1) is 23.2 Å². The number of benzene rings is 3. The number of likely N-dealkylation sites (N-methyl/N-ethyl adjacent to an activating group) is 1. The molecule has 4 rings (SSSR count). The maximum absolute atomic E-state index is 13.5. The second kappa shape index (κ2) is 11.5. The molecular weight excluding hydrogens is 511 g/mol. The number of aliphatic imine (C=N–C) groups is 1. The molecule has 39 heavy (non-hydrogen) atoms. The van der Waals surface area contributed by atoms with Gasteiger partial charge in [-0.15, -0.1) is 0 Å². The number of anilines is 1. The average Bonchev–Trinajstić information content (AvgIpc) is 3.02. The van der Waals surface area contributed by atoms with E-state index in [1.54, 1.807) is 66.7 Å². The topological polar surface area (TPSA) is 99.1 Å². The Balaban J connectivity index is 1.75. The lowest BCUT2D eigenvalue weighted by atomic mass is 9.82. The number of para-hydroxylation sites is 1. The Labute approximate surface area is 223 Å². The number of fused-ring (bicyclic) bond motifs is 1. The Morgan fingerprint density at radius 1 is 0.974 bits per heavy atom. The van der Waals surface area contributed by atoms with Crippen LogP contribution in [-0.2, 0) is 14.4 Å². The number of amides is 2. The summed E-state index contributed by atoms with van der Waals surface area (Å²) in [7, 11) is 1.51. The number of carbonyl (C=O) groups is 3. The van der Waals surface area contributed by atoms with E-state index in [2.05, 4.69) is 10.3 Å². The molecule has 3 atom stereocenters.